The minimum absolute atomic E-state index is 0.0217. The highest BCUT2D eigenvalue weighted by atomic mass is 19.3. The van der Waals surface area contributed by atoms with Crippen molar-refractivity contribution in [2.24, 2.45) is 0 Å². The first-order chi connectivity index (χ1) is 14.0. The van der Waals surface area contributed by atoms with Gasteiger partial charge >= 0.3 is 12.5 Å². The zero-order valence-corrected chi connectivity index (χ0v) is 15.4. The summed E-state index contributed by atoms with van der Waals surface area (Å²) in [5.41, 5.74) is 1.80. The largest absolute Gasteiger partial charge is 0.453 e. The van der Waals surface area contributed by atoms with Crippen LogP contribution in [-0.4, -0.2) is 54.8 Å². The molecule has 0 aliphatic carbocycles. The normalized spacial score (nSPS) is 16.6. The summed E-state index contributed by atoms with van der Waals surface area (Å²) in [4.78, 5) is 17.8. The van der Waals surface area contributed by atoms with Crippen molar-refractivity contribution in [3.63, 3.8) is 0 Å². The fourth-order valence-corrected chi connectivity index (χ4v) is 3.20. The second kappa shape index (κ2) is 7.89. The molecule has 1 fully saturated rings. The van der Waals surface area contributed by atoms with Gasteiger partial charge in [0.15, 0.2) is 0 Å². The summed E-state index contributed by atoms with van der Waals surface area (Å²) < 4.78 is 36.4. The summed E-state index contributed by atoms with van der Waals surface area (Å²) in [5.74, 6) is -0.751. The molecule has 0 spiro atoms. The molecule has 0 bridgehead atoms. The fraction of sp³-hybridized carbons (Fsp3) is 0.412. The minimum Gasteiger partial charge on any atom is -0.453 e. The Morgan fingerprint density at radius 1 is 1.34 bits per heavy atom. The van der Waals surface area contributed by atoms with Gasteiger partial charge in [-0.3, -0.25) is 9.88 Å². The molecule has 1 atom stereocenters. The molecule has 0 N–H and O–H groups in total. The molecular formula is C17H17F2N7O3. The van der Waals surface area contributed by atoms with Crippen LogP contribution in [0.15, 0.2) is 28.9 Å². The molecule has 3 aromatic rings. The van der Waals surface area contributed by atoms with Crippen LogP contribution < -0.4 is 0 Å². The second-order valence-electron chi connectivity index (χ2n) is 6.45. The number of hydrogen-bond acceptors (Lipinski definition) is 8. The first-order valence-electron chi connectivity index (χ1n) is 8.86. The van der Waals surface area contributed by atoms with E-state index in [0.29, 0.717) is 30.0 Å². The van der Waals surface area contributed by atoms with Crippen molar-refractivity contribution in [3.8, 4) is 11.5 Å². The number of nitrogens with zero attached hydrogens (tertiary/aromatic N) is 7. The number of rotatable bonds is 5. The molecule has 3 aromatic heterocycles. The molecule has 0 aromatic carbocycles. The van der Waals surface area contributed by atoms with Crippen molar-refractivity contribution in [3.05, 3.63) is 41.8 Å². The van der Waals surface area contributed by atoms with Gasteiger partial charge in [0.25, 0.3) is 5.89 Å². The summed E-state index contributed by atoms with van der Waals surface area (Å²) in [7, 11) is 1.35. The van der Waals surface area contributed by atoms with Gasteiger partial charge in [0.05, 0.1) is 37.2 Å². The molecule has 10 nitrogen and oxygen atoms in total. The van der Waals surface area contributed by atoms with E-state index in [9.17, 15) is 13.6 Å². The van der Waals surface area contributed by atoms with E-state index >= 15 is 0 Å². The molecule has 0 unspecified atom stereocenters. The van der Waals surface area contributed by atoms with Gasteiger partial charge in [-0.2, -0.15) is 8.78 Å². The number of alkyl halides is 2. The van der Waals surface area contributed by atoms with Gasteiger partial charge in [0.1, 0.15) is 5.69 Å². The van der Waals surface area contributed by atoms with Gasteiger partial charge in [0.2, 0.25) is 5.89 Å². The number of pyridine rings is 1. The third-order valence-electron chi connectivity index (χ3n) is 4.58. The van der Waals surface area contributed by atoms with Gasteiger partial charge in [0, 0.05) is 12.7 Å². The van der Waals surface area contributed by atoms with Crippen LogP contribution >= 0.6 is 0 Å². The Morgan fingerprint density at radius 3 is 2.90 bits per heavy atom. The van der Waals surface area contributed by atoms with Crippen molar-refractivity contribution in [1.29, 1.82) is 0 Å². The molecule has 0 saturated carbocycles. The summed E-state index contributed by atoms with van der Waals surface area (Å²) in [6, 6.07) is 3.20. The maximum atomic E-state index is 12.5. The van der Waals surface area contributed by atoms with E-state index in [-0.39, 0.29) is 18.0 Å². The molecule has 29 heavy (non-hydrogen) atoms. The van der Waals surface area contributed by atoms with E-state index in [0.717, 1.165) is 12.8 Å². The van der Waals surface area contributed by atoms with Gasteiger partial charge in [-0.15, -0.1) is 15.3 Å². The van der Waals surface area contributed by atoms with Crippen LogP contribution in [0.3, 0.4) is 0 Å². The predicted molar refractivity (Wildman–Crippen MR) is 92.7 cm³/mol. The number of carbonyl (C=O) groups is 1. The Balaban J connectivity index is 1.44. The lowest BCUT2D eigenvalue weighted by Crippen LogP contribution is -2.30. The number of carbonyl (C=O) groups excluding carboxylic acids is 1. The average molecular weight is 405 g/mol. The van der Waals surface area contributed by atoms with Crippen molar-refractivity contribution in [1.82, 2.24) is 35.1 Å². The number of ether oxygens (including phenoxy) is 1. The van der Waals surface area contributed by atoms with Crippen molar-refractivity contribution in [2.75, 3.05) is 13.7 Å². The standard InChI is InChI=1S/C17H17F2N7O3/c1-28-17(27)26-6-2-3-13(26)12-9-25(24-21-12)8-11-5-4-10(7-20-11)15-22-23-16(29-15)14(18)19/h4-5,7,9,13-14H,2-3,6,8H2,1H3/t13-/m0/s1. The predicted octanol–water partition coefficient (Wildman–Crippen LogP) is 2.61. The SMILES string of the molecule is COC(=O)N1CCC[C@H]1c1cn(Cc2ccc(-c3nnc(C(F)F)o3)cn2)nn1. The summed E-state index contributed by atoms with van der Waals surface area (Å²) >= 11 is 0. The highest BCUT2D eigenvalue weighted by Crippen LogP contribution is 2.31. The summed E-state index contributed by atoms with van der Waals surface area (Å²) in [6.45, 7) is 0.973. The zero-order valence-electron chi connectivity index (χ0n) is 15.4. The maximum absolute atomic E-state index is 12.5. The number of likely N-dealkylation sites (tertiary alicyclic amines) is 1. The van der Waals surface area contributed by atoms with Gasteiger partial charge in [-0.05, 0) is 25.0 Å². The third kappa shape index (κ3) is 3.91. The monoisotopic (exact) mass is 405 g/mol. The highest BCUT2D eigenvalue weighted by molar-refractivity contribution is 5.68. The first kappa shape index (κ1) is 18.9. The Morgan fingerprint density at radius 2 is 2.21 bits per heavy atom. The van der Waals surface area contributed by atoms with E-state index in [4.69, 9.17) is 9.15 Å². The van der Waals surface area contributed by atoms with Crippen LogP contribution in [0.4, 0.5) is 13.6 Å². The highest BCUT2D eigenvalue weighted by Gasteiger charge is 2.32. The van der Waals surface area contributed by atoms with Crippen molar-refractivity contribution < 1.29 is 22.7 Å². The van der Waals surface area contributed by atoms with Crippen LogP contribution in [0.2, 0.25) is 0 Å². The van der Waals surface area contributed by atoms with E-state index in [1.807, 2.05) is 0 Å². The number of halogens is 2. The number of hydrogen-bond donors (Lipinski definition) is 0. The van der Waals surface area contributed by atoms with E-state index in [2.05, 4.69) is 25.5 Å². The molecule has 152 valence electrons. The van der Waals surface area contributed by atoms with Crippen LogP contribution in [-0.2, 0) is 11.3 Å². The molecule has 1 saturated heterocycles. The van der Waals surface area contributed by atoms with Crippen LogP contribution in [0.1, 0.15) is 42.6 Å². The molecule has 4 rings (SSSR count). The Kier molecular flexibility index (Phi) is 5.14. The lowest BCUT2D eigenvalue weighted by molar-refractivity contribution is 0.116. The number of amides is 1. The molecule has 1 amide bonds. The molecule has 4 heterocycles. The van der Waals surface area contributed by atoms with Gasteiger partial charge in [-0.1, -0.05) is 5.21 Å². The fourth-order valence-electron chi connectivity index (χ4n) is 3.20. The summed E-state index contributed by atoms with van der Waals surface area (Å²) in [5, 5.41) is 15.2. The Bertz CT molecular complexity index is 989. The molecule has 1 aliphatic rings. The topological polar surface area (TPSA) is 112 Å². The smallest absolute Gasteiger partial charge is 0.410 e. The molecule has 12 heteroatoms. The lowest BCUT2D eigenvalue weighted by Gasteiger charge is -2.20. The van der Waals surface area contributed by atoms with Gasteiger partial charge in [-0.25, -0.2) is 9.48 Å². The van der Waals surface area contributed by atoms with E-state index in [1.54, 1.807) is 27.9 Å². The third-order valence-corrected chi connectivity index (χ3v) is 4.58. The average Bonchev–Trinajstić information content (AvgIpc) is 3.47. The zero-order chi connectivity index (χ0) is 20.4. The lowest BCUT2D eigenvalue weighted by atomic mass is 10.2. The van der Waals surface area contributed by atoms with Crippen LogP contribution in [0, 0.1) is 0 Å². The second-order valence-corrected chi connectivity index (χ2v) is 6.45. The van der Waals surface area contributed by atoms with E-state index in [1.165, 1.54) is 13.3 Å². The minimum atomic E-state index is -2.82. The Labute approximate surface area is 163 Å². The first-order valence-corrected chi connectivity index (χ1v) is 8.86. The summed E-state index contributed by atoms with van der Waals surface area (Å²) in [6.07, 6.45) is 1.71. The van der Waals surface area contributed by atoms with Crippen molar-refractivity contribution >= 4 is 6.09 Å². The van der Waals surface area contributed by atoms with Crippen LogP contribution in [0.25, 0.3) is 11.5 Å². The maximum Gasteiger partial charge on any atom is 0.410 e. The van der Waals surface area contributed by atoms with E-state index < -0.39 is 12.3 Å². The Hall–Kier alpha value is -3.44. The van der Waals surface area contributed by atoms with Crippen LogP contribution in [0.5, 0.6) is 0 Å². The van der Waals surface area contributed by atoms with Crippen molar-refractivity contribution in [2.45, 2.75) is 31.9 Å². The quantitative estimate of drug-likeness (QED) is 0.637. The molecule has 1 aliphatic heterocycles. The molecular weight excluding hydrogens is 388 g/mol. The molecule has 0 radical (unpaired) electrons. The number of aromatic nitrogens is 6. The number of methoxy groups -OCH3 is 1. The van der Waals surface area contributed by atoms with Gasteiger partial charge < -0.3 is 9.15 Å².